The highest BCUT2D eigenvalue weighted by Gasteiger charge is 2.10. The summed E-state index contributed by atoms with van der Waals surface area (Å²) < 4.78 is 43.0. The molecule has 0 aliphatic carbocycles. The third kappa shape index (κ3) is 3.14. The zero-order chi connectivity index (χ0) is 14.7. The Morgan fingerprint density at radius 3 is 2.50 bits per heavy atom. The number of benzene rings is 2. The molecule has 3 nitrogen and oxygen atoms in total. The first kappa shape index (κ1) is 14.5. The van der Waals surface area contributed by atoms with Crippen molar-refractivity contribution in [2.24, 2.45) is 0 Å². The molecule has 2 rings (SSSR count). The minimum Gasteiger partial charge on any atom is -0.495 e. The second kappa shape index (κ2) is 6.00. The van der Waals surface area contributed by atoms with Gasteiger partial charge < -0.3 is 10.5 Å². The normalized spacial score (nSPS) is 12.2. The van der Waals surface area contributed by atoms with Gasteiger partial charge in [0.15, 0.2) is 11.6 Å². The average Bonchev–Trinajstić information content (AvgIpc) is 2.42. The van der Waals surface area contributed by atoms with E-state index in [4.69, 9.17) is 10.5 Å². The van der Waals surface area contributed by atoms with Crippen molar-refractivity contribution >= 4 is 16.5 Å². The van der Waals surface area contributed by atoms with Gasteiger partial charge in [-0.1, -0.05) is 6.07 Å². The van der Waals surface area contributed by atoms with Crippen LogP contribution in [0.2, 0.25) is 0 Å². The van der Waals surface area contributed by atoms with Crippen LogP contribution in [0.15, 0.2) is 41.3 Å². The van der Waals surface area contributed by atoms with E-state index >= 15 is 0 Å². The highest BCUT2D eigenvalue weighted by atomic mass is 32.2. The van der Waals surface area contributed by atoms with Crippen molar-refractivity contribution in [3.8, 4) is 5.75 Å². The average molecular weight is 297 g/mol. The summed E-state index contributed by atoms with van der Waals surface area (Å²) in [6, 6.07) is 8.27. The molecule has 106 valence electrons. The quantitative estimate of drug-likeness (QED) is 0.883. The van der Waals surface area contributed by atoms with Crippen molar-refractivity contribution in [2.45, 2.75) is 10.6 Å². The molecule has 0 aliphatic rings. The maximum absolute atomic E-state index is 13.1. The molecule has 0 heterocycles. The summed E-state index contributed by atoms with van der Waals surface area (Å²) in [7, 11) is 0.0320. The standard InChI is InChI=1S/C14H13F2NO2S/c1-19-14-5-2-9(6-13(14)17)8-20(18)10-3-4-11(15)12(16)7-10/h2-7H,8,17H2,1H3. The van der Waals surface area contributed by atoms with Gasteiger partial charge in [-0.3, -0.25) is 4.21 Å². The molecule has 0 bridgehead atoms. The van der Waals surface area contributed by atoms with Crippen molar-refractivity contribution in [1.82, 2.24) is 0 Å². The number of methoxy groups -OCH3 is 1. The first-order valence-corrected chi connectivity index (χ1v) is 7.09. The molecule has 2 N–H and O–H groups in total. The van der Waals surface area contributed by atoms with E-state index in [1.807, 2.05) is 0 Å². The van der Waals surface area contributed by atoms with Crippen molar-refractivity contribution in [2.75, 3.05) is 12.8 Å². The van der Waals surface area contributed by atoms with Gasteiger partial charge in [-0.05, 0) is 35.9 Å². The van der Waals surface area contributed by atoms with E-state index in [1.165, 1.54) is 13.2 Å². The molecule has 1 atom stereocenters. The van der Waals surface area contributed by atoms with Crippen molar-refractivity contribution in [1.29, 1.82) is 0 Å². The molecule has 20 heavy (non-hydrogen) atoms. The monoisotopic (exact) mass is 297 g/mol. The topological polar surface area (TPSA) is 52.3 Å². The van der Waals surface area contributed by atoms with E-state index in [0.717, 1.165) is 17.7 Å². The number of halogens is 2. The molecular weight excluding hydrogens is 284 g/mol. The Balaban J connectivity index is 2.19. The second-order valence-electron chi connectivity index (χ2n) is 4.14. The van der Waals surface area contributed by atoms with Crippen LogP contribution in [-0.2, 0) is 16.6 Å². The van der Waals surface area contributed by atoms with E-state index in [1.54, 1.807) is 18.2 Å². The summed E-state index contributed by atoms with van der Waals surface area (Å²) in [5.74, 6) is -1.27. The van der Waals surface area contributed by atoms with Gasteiger partial charge in [0.1, 0.15) is 5.75 Å². The highest BCUT2D eigenvalue weighted by molar-refractivity contribution is 7.84. The minimum atomic E-state index is -1.47. The first-order chi connectivity index (χ1) is 9.51. The van der Waals surface area contributed by atoms with Crippen LogP contribution in [-0.4, -0.2) is 11.3 Å². The molecule has 6 heteroatoms. The van der Waals surface area contributed by atoms with Crippen molar-refractivity contribution < 1.29 is 17.7 Å². The van der Waals surface area contributed by atoms with Gasteiger partial charge in [-0.25, -0.2) is 8.78 Å². The van der Waals surface area contributed by atoms with E-state index in [0.29, 0.717) is 11.4 Å². The molecule has 2 aromatic rings. The fourth-order valence-corrected chi connectivity index (χ4v) is 2.83. The van der Waals surface area contributed by atoms with Gasteiger partial charge in [0.05, 0.1) is 29.3 Å². The van der Waals surface area contributed by atoms with Gasteiger partial charge >= 0.3 is 0 Å². The molecular formula is C14H13F2NO2S. The second-order valence-corrected chi connectivity index (χ2v) is 5.59. The number of anilines is 1. The molecule has 0 saturated heterocycles. The Kier molecular flexibility index (Phi) is 4.34. The molecule has 0 spiro atoms. The SMILES string of the molecule is COc1ccc(CS(=O)c2ccc(F)c(F)c2)cc1N. The van der Waals surface area contributed by atoms with E-state index in [9.17, 15) is 13.0 Å². The lowest BCUT2D eigenvalue weighted by atomic mass is 10.2. The lowest BCUT2D eigenvalue weighted by Gasteiger charge is -2.07. The summed E-state index contributed by atoms with van der Waals surface area (Å²) in [5.41, 5.74) is 6.92. The highest BCUT2D eigenvalue weighted by Crippen LogP contribution is 2.23. The maximum atomic E-state index is 13.1. The Morgan fingerprint density at radius 2 is 1.90 bits per heavy atom. The zero-order valence-corrected chi connectivity index (χ0v) is 11.5. The van der Waals surface area contributed by atoms with Crippen LogP contribution in [0, 0.1) is 11.6 Å². The molecule has 0 amide bonds. The van der Waals surface area contributed by atoms with E-state index < -0.39 is 22.4 Å². The molecule has 0 aromatic heterocycles. The van der Waals surface area contributed by atoms with Crippen LogP contribution < -0.4 is 10.5 Å². The Morgan fingerprint density at radius 1 is 1.15 bits per heavy atom. The molecule has 0 saturated carbocycles. The van der Waals surface area contributed by atoms with Crippen molar-refractivity contribution in [3.63, 3.8) is 0 Å². The number of hydrogen-bond acceptors (Lipinski definition) is 3. The van der Waals surface area contributed by atoms with Gasteiger partial charge in [0.25, 0.3) is 0 Å². The van der Waals surface area contributed by atoms with Crippen LogP contribution in [0.1, 0.15) is 5.56 Å². The third-order valence-electron chi connectivity index (χ3n) is 2.75. The number of nitrogen functional groups attached to an aromatic ring is 1. The Bertz CT molecular complexity index is 662. The summed E-state index contributed by atoms with van der Waals surface area (Å²) in [6.45, 7) is 0. The molecule has 2 aromatic carbocycles. The summed E-state index contributed by atoms with van der Waals surface area (Å²) in [5, 5.41) is 0. The number of rotatable bonds is 4. The zero-order valence-electron chi connectivity index (χ0n) is 10.7. The summed E-state index contributed by atoms with van der Waals surface area (Å²) >= 11 is 0. The minimum absolute atomic E-state index is 0.166. The van der Waals surface area contributed by atoms with Crippen LogP contribution in [0.3, 0.4) is 0 Å². The van der Waals surface area contributed by atoms with Crippen LogP contribution in [0.25, 0.3) is 0 Å². The largest absolute Gasteiger partial charge is 0.495 e. The molecule has 0 fully saturated rings. The first-order valence-electron chi connectivity index (χ1n) is 5.77. The smallest absolute Gasteiger partial charge is 0.160 e. The predicted octanol–water partition coefficient (Wildman–Crippen LogP) is 2.86. The van der Waals surface area contributed by atoms with Crippen LogP contribution in [0.4, 0.5) is 14.5 Å². The third-order valence-corrected chi connectivity index (χ3v) is 4.12. The van der Waals surface area contributed by atoms with E-state index in [2.05, 4.69) is 0 Å². The fourth-order valence-electron chi connectivity index (χ4n) is 1.73. The lowest BCUT2D eigenvalue weighted by Crippen LogP contribution is -2.00. The van der Waals surface area contributed by atoms with Gasteiger partial charge in [0, 0.05) is 4.90 Å². The predicted molar refractivity (Wildman–Crippen MR) is 73.9 cm³/mol. The maximum Gasteiger partial charge on any atom is 0.160 e. The van der Waals surface area contributed by atoms with Gasteiger partial charge in [0.2, 0.25) is 0 Å². The van der Waals surface area contributed by atoms with Gasteiger partial charge in [-0.15, -0.1) is 0 Å². The molecule has 1 unspecified atom stereocenters. The fraction of sp³-hybridized carbons (Fsp3) is 0.143. The number of hydrogen-bond donors (Lipinski definition) is 1. The molecule has 0 radical (unpaired) electrons. The molecule has 0 aliphatic heterocycles. The van der Waals surface area contributed by atoms with Gasteiger partial charge in [-0.2, -0.15) is 0 Å². The number of ether oxygens (including phenoxy) is 1. The van der Waals surface area contributed by atoms with Crippen LogP contribution in [0.5, 0.6) is 5.75 Å². The Labute approximate surface area is 117 Å². The van der Waals surface area contributed by atoms with Crippen LogP contribution >= 0.6 is 0 Å². The number of nitrogens with two attached hydrogens (primary N) is 1. The van der Waals surface area contributed by atoms with Crippen molar-refractivity contribution in [3.05, 3.63) is 53.6 Å². The lowest BCUT2D eigenvalue weighted by molar-refractivity contribution is 0.417. The summed E-state index contributed by atoms with van der Waals surface area (Å²) in [4.78, 5) is 0.235. The summed E-state index contributed by atoms with van der Waals surface area (Å²) in [6.07, 6.45) is 0. The Hall–Kier alpha value is -1.95. The van der Waals surface area contributed by atoms with E-state index in [-0.39, 0.29) is 10.6 Å².